The quantitative estimate of drug-likeness (QED) is 0.630. The van der Waals surface area contributed by atoms with Crippen molar-refractivity contribution in [2.45, 2.75) is 31.1 Å². The lowest BCUT2D eigenvalue weighted by Crippen LogP contribution is -2.38. The molecule has 0 spiro atoms. The minimum atomic E-state index is -3.69. The molecule has 3 aromatic rings. The second-order valence-electron chi connectivity index (χ2n) is 7.05. The molecule has 0 saturated carbocycles. The van der Waals surface area contributed by atoms with E-state index in [0.29, 0.717) is 18.8 Å². The van der Waals surface area contributed by atoms with Crippen LogP contribution in [0.5, 0.6) is 0 Å². The van der Waals surface area contributed by atoms with Gasteiger partial charge in [-0.1, -0.05) is 30.3 Å². The van der Waals surface area contributed by atoms with E-state index < -0.39 is 10.0 Å². The molecule has 0 fully saturated rings. The van der Waals surface area contributed by atoms with Crippen molar-refractivity contribution in [3.8, 4) is 11.3 Å². The van der Waals surface area contributed by atoms with Gasteiger partial charge < -0.3 is 14.6 Å². The van der Waals surface area contributed by atoms with Crippen LogP contribution in [0.4, 0.5) is 5.69 Å². The summed E-state index contributed by atoms with van der Waals surface area (Å²) in [5.74, 6) is 0.606. The second-order valence-corrected chi connectivity index (χ2v) is 8.82. The van der Waals surface area contributed by atoms with Crippen molar-refractivity contribution >= 4 is 21.6 Å². The zero-order valence-corrected chi connectivity index (χ0v) is 17.2. The molecule has 2 aromatic carbocycles. The van der Waals surface area contributed by atoms with E-state index in [0.717, 1.165) is 17.1 Å². The minimum absolute atomic E-state index is 0.127. The average Bonchev–Trinajstić information content (AvgIpc) is 3.16. The molecule has 4 rings (SSSR count). The number of ether oxygens (including phenoxy) is 1. The van der Waals surface area contributed by atoms with Gasteiger partial charge in [-0.2, -0.15) is 0 Å². The van der Waals surface area contributed by atoms with Crippen LogP contribution in [-0.2, 0) is 32.7 Å². The fourth-order valence-corrected chi connectivity index (χ4v) is 4.34. The fourth-order valence-electron chi connectivity index (χ4n) is 3.27. The Balaban J connectivity index is 1.39. The summed E-state index contributed by atoms with van der Waals surface area (Å²) in [6.45, 7) is 2.38. The van der Waals surface area contributed by atoms with Gasteiger partial charge in [-0.3, -0.25) is 4.79 Å². The van der Waals surface area contributed by atoms with E-state index in [4.69, 9.17) is 4.74 Å². The van der Waals surface area contributed by atoms with E-state index in [2.05, 4.69) is 15.0 Å². The summed E-state index contributed by atoms with van der Waals surface area (Å²) < 4.78 is 35.5. The molecule has 1 aromatic heterocycles. The maximum atomic E-state index is 12.6. The van der Waals surface area contributed by atoms with Gasteiger partial charge >= 0.3 is 0 Å². The van der Waals surface area contributed by atoms with Crippen molar-refractivity contribution in [3.05, 3.63) is 66.6 Å². The highest BCUT2D eigenvalue weighted by Gasteiger charge is 2.23. The largest absolute Gasteiger partial charge is 0.367 e. The molecule has 0 unspecified atom stereocenters. The molecule has 1 atom stereocenters. The summed E-state index contributed by atoms with van der Waals surface area (Å²) in [4.78, 5) is 15.8. The van der Waals surface area contributed by atoms with Gasteiger partial charge in [-0.25, -0.2) is 18.1 Å². The first-order valence-corrected chi connectivity index (χ1v) is 11.0. The number of aromatic nitrogens is 2. The molecule has 1 amide bonds. The molecular weight excluding hydrogens is 404 g/mol. The van der Waals surface area contributed by atoms with Gasteiger partial charge in [-0.05, 0) is 24.3 Å². The highest BCUT2D eigenvalue weighted by Crippen LogP contribution is 2.22. The highest BCUT2D eigenvalue weighted by atomic mass is 32.2. The van der Waals surface area contributed by atoms with Gasteiger partial charge in [0.25, 0.3) is 0 Å². The minimum Gasteiger partial charge on any atom is -0.367 e. The molecule has 2 N–H and O–H groups in total. The molecule has 9 heteroatoms. The van der Waals surface area contributed by atoms with Crippen LogP contribution in [0.3, 0.4) is 0 Å². The predicted octanol–water partition coefficient (Wildman–Crippen LogP) is 2.39. The Labute approximate surface area is 175 Å². The van der Waals surface area contributed by atoms with E-state index in [1.807, 2.05) is 41.1 Å². The molecular formula is C21H22N4O4S. The summed E-state index contributed by atoms with van der Waals surface area (Å²) in [7, 11) is -3.69. The molecule has 0 radical (unpaired) electrons. The lowest BCUT2D eigenvalue weighted by Gasteiger charge is -2.24. The monoisotopic (exact) mass is 426 g/mol. The number of hydrogen-bond acceptors (Lipinski definition) is 5. The Hall–Kier alpha value is -3.01. The van der Waals surface area contributed by atoms with Crippen LogP contribution in [0, 0.1) is 0 Å². The maximum Gasteiger partial charge on any atom is 0.240 e. The van der Waals surface area contributed by atoms with E-state index in [-0.39, 0.29) is 23.5 Å². The summed E-state index contributed by atoms with van der Waals surface area (Å²) in [6.07, 6.45) is 1.67. The fraction of sp³-hybridized carbons (Fsp3) is 0.238. The summed E-state index contributed by atoms with van der Waals surface area (Å²) in [5.41, 5.74) is 2.44. The van der Waals surface area contributed by atoms with Crippen LogP contribution < -0.4 is 10.0 Å². The molecule has 8 nitrogen and oxygen atoms in total. The Bertz CT molecular complexity index is 1140. The van der Waals surface area contributed by atoms with Gasteiger partial charge in [0, 0.05) is 30.9 Å². The number of nitrogens with zero attached hydrogens (tertiary/aromatic N) is 2. The number of rotatable bonds is 6. The Kier molecular flexibility index (Phi) is 5.67. The van der Waals surface area contributed by atoms with Crippen LogP contribution in [0.2, 0.25) is 0 Å². The molecule has 0 bridgehead atoms. The van der Waals surface area contributed by atoms with Crippen LogP contribution in [-0.4, -0.2) is 36.5 Å². The number of benzene rings is 2. The third-order valence-corrected chi connectivity index (χ3v) is 6.20. The third kappa shape index (κ3) is 4.59. The average molecular weight is 426 g/mol. The number of fused-ring (bicyclic) bond motifs is 1. The van der Waals surface area contributed by atoms with Crippen LogP contribution in [0.15, 0.2) is 65.7 Å². The Morgan fingerprint density at radius 3 is 2.60 bits per heavy atom. The topological polar surface area (TPSA) is 102 Å². The molecule has 0 aliphatic carbocycles. The first-order chi connectivity index (χ1) is 14.4. The molecule has 30 heavy (non-hydrogen) atoms. The lowest BCUT2D eigenvalue weighted by atomic mass is 10.2. The Morgan fingerprint density at radius 1 is 1.17 bits per heavy atom. The molecule has 156 valence electrons. The zero-order chi connectivity index (χ0) is 21.1. The number of anilines is 1. The maximum absolute atomic E-state index is 12.6. The lowest BCUT2D eigenvalue weighted by molar-refractivity contribution is -0.114. The standard InChI is InChI=1S/C21H22N4O4S/c1-15(26)23-17-7-9-19(10-8-17)30(27,28)22-11-18-12-25-13-20(24-21(25)14-29-18)16-5-3-2-4-6-16/h2-10,13,18,22H,11-12,14H2,1H3,(H,23,26)/t18-/m0/s1. The number of sulfonamides is 1. The number of carbonyl (C=O) groups is 1. The predicted molar refractivity (Wildman–Crippen MR) is 112 cm³/mol. The number of nitrogens with one attached hydrogen (secondary N) is 2. The number of imidazole rings is 1. The van der Waals surface area contributed by atoms with Gasteiger partial charge in [0.2, 0.25) is 15.9 Å². The zero-order valence-electron chi connectivity index (χ0n) is 16.4. The second kappa shape index (κ2) is 8.39. The molecule has 2 heterocycles. The normalized spacial score (nSPS) is 16.1. The van der Waals surface area contributed by atoms with E-state index in [1.54, 1.807) is 12.1 Å². The van der Waals surface area contributed by atoms with Crippen molar-refractivity contribution in [1.82, 2.24) is 14.3 Å². The molecule has 0 saturated heterocycles. The van der Waals surface area contributed by atoms with Crippen LogP contribution >= 0.6 is 0 Å². The van der Waals surface area contributed by atoms with Gasteiger partial charge in [-0.15, -0.1) is 0 Å². The molecule has 1 aliphatic heterocycles. The Morgan fingerprint density at radius 2 is 1.90 bits per heavy atom. The van der Waals surface area contributed by atoms with Crippen molar-refractivity contribution in [1.29, 1.82) is 0 Å². The number of hydrogen-bond donors (Lipinski definition) is 2. The van der Waals surface area contributed by atoms with Gasteiger partial charge in [0.15, 0.2) is 0 Å². The summed E-state index contributed by atoms with van der Waals surface area (Å²) in [5, 5.41) is 2.61. The van der Waals surface area contributed by atoms with Crippen molar-refractivity contribution < 1.29 is 17.9 Å². The van der Waals surface area contributed by atoms with Gasteiger partial charge in [0.05, 0.1) is 23.2 Å². The number of amides is 1. The van der Waals surface area contributed by atoms with Crippen LogP contribution in [0.1, 0.15) is 12.7 Å². The van der Waals surface area contributed by atoms with Crippen molar-refractivity contribution in [2.24, 2.45) is 0 Å². The SMILES string of the molecule is CC(=O)Nc1ccc(S(=O)(=O)NC[C@H]2Cn3cc(-c4ccccc4)nc3CO2)cc1. The van der Waals surface area contributed by atoms with E-state index in [1.165, 1.54) is 19.1 Å². The third-order valence-electron chi connectivity index (χ3n) is 4.76. The molecule has 1 aliphatic rings. The van der Waals surface area contributed by atoms with Crippen LogP contribution in [0.25, 0.3) is 11.3 Å². The van der Waals surface area contributed by atoms with Gasteiger partial charge in [0.1, 0.15) is 12.4 Å². The summed E-state index contributed by atoms with van der Waals surface area (Å²) in [6, 6.07) is 15.9. The first-order valence-electron chi connectivity index (χ1n) is 9.51. The van der Waals surface area contributed by atoms with E-state index >= 15 is 0 Å². The highest BCUT2D eigenvalue weighted by molar-refractivity contribution is 7.89. The summed E-state index contributed by atoms with van der Waals surface area (Å²) >= 11 is 0. The van der Waals surface area contributed by atoms with Crippen molar-refractivity contribution in [3.63, 3.8) is 0 Å². The van der Waals surface area contributed by atoms with Crippen molar-refractivity contribution in [2.75, 3.05) is 11.9 Å². The van der Waals surface area contributed by atoms with E-state index in [9.17, 15) is 13.2 Å². The first kappa shape index (κ1) is 20.3. The smallest absolute Gasteiger partial charge is 0.240 e. The number of carbonyl (C=O) groups excluding carboxylic acids is 1.